The minimum absolute atomic E-state index is 0.105. The Morgan fingerprint density at radius 2 is 2.35 bits per heavy atom. The minimum Gasteiger partial charge on any atom is -0.466 e. The fourth-order valence-corrected chi connectivity index (χ4v) is 1.65. The summed E-state index contributed by atoms with van der Waals surface area (Å²) >= 11 is 0. The van der Waals surface area contributed by atoms with Crippen LogP contribution >= 0.6 is 0 Å². The monoisotopic (exact) mass is 239 g/mol. The molecule has 0 bridgehead atoms. The summed E-state index contributed by atoms with van der Waals surface area (Å²) in [5.74, 6) is -0.157. The predicted molar refractivity (Wildman–Crippen MR) is 65.5 cm³/mol. The maximum Gasteiger partial charge on any atom is 0.307 e. The summed E-state index contributed by atoms with van der Waals surface area (Å²) in [5, 5.41) is 7.55. The second-order valence-electron chi connectivity index (χ2n) is 4.20. The summed E-state index contributed by atoms with van der Waals surface area (Å²) in [6, 6.07) is 0.105. The van der Waals surface area contributed by atoms with Crippen molar-refractivity contribution in [2.24, 2.45) is 7.05 Å². The number of aryl methyl sites for hydroxylation is 2. The van der Waals surface area contributed by atoms with Crippen LogP contribution in [0.15, 0.2) is 6.20 Å². The number of hydrogen-bond donors (Lipinski definition) is 1. The zero-order valence-electron chi connectivity index (χ0n) is 11.0. The molecule has 1 heterocycles. The molecule has 1 N–H and O–H groups in total. The highest BCUT2D eigenvalue weighted by Gasteiger charge is 2.10. The Labute approximate surface area is 102 Å². The number of nitrogens with zero attached hydrogens (tertiary/aromatic N) is 2. The van der Waals surface area contributed by atoms with E-state index in [9.17, 15) is 4.79 Å². The molecule has 0 radical (unpaired) electrons. The lowest BCUT2D eigenvalue weighted by Gasteiger charge is -2.12. The van der Waals surface area contributed by atoms with Crippen LogP contribution in [0, 0.1) is 6.92 Å². The third-order valence-corrected chi connectivity index (χ3v) is 2.53. The van der Waals surface area contributed by atoms with E-state index in [1.807, 2.05) is 34.0 Å². The predicted octanol–water partition coefficient (Wildman–Crippen LogP) is 1.16. The smallest absolute Gasteiger partial charge is 0.307 e. The Balaban J connectivity index is 2.35. The summed E-state index contributed by atoms with van der Waals surface area (Å²) < 4.78 is 6.69. The normalized spacial score (nSPS) is 12.5. The van der Waals surface area contributed by atoms with Crippen molar-refractivity contribution in [3.8, 4) is 0 Å². The van der Waals surface area contributed by atoms with E-state index in [-0.39, 0.29) is 12.0 Å². The Morgan fingerprint density at radius 1 is 1.65 bits per heavy atom. The molecule has 1 rings (SSSR count). The van der Waals surface area contributed by atoms with Crippen LogP contribution in [0.5, 0.6) is 0 Å². The molecule has 0 aliphatic carbocycles. The van der Waals surface area contributed by atoms with Crippen LogP contribution in [0.2, 0.25) is 0 Å². The number of hydrogen-bond acceptors (Lipinski definition) is 4. The van der Waals surface area contributed by atoms with E-state index < -0.39 is 0 Å². The molecule has 1 atom stereocenters. The first-order chi connectivity index (χ1) is 8.02. The molecule has 0 amide bonds. The molecule has 0 saturated carbocycles. The van der Waals surface area contributed by atoms with Crippen LogP contribution in [0.4, 0.5) is 0 Å². The van der Waals surface area contributed by atoms with E-state index in [1.165, 1.54) is 0 Å². The summed E-state index contributed by atoms with van der Waals surface area (Å²) in [6.45, 7) is 6.93. The number of rotatable bonds is 6. The van der Waals surface area contributed by atoms with Gasteiger partial charge in [-0.05, 0) is 20.8 Å². The van der Waals surface area contributed by atoms with E-state index >= 15 is 0 Å². The molecule has 96 valence electrons. The van der Waals surface area contributed by atoms with Crippen molar-refractivity contribution in [1.29, 1.82) is 0 Å². The van der Waals surface area contributed by atoms with Crippen LogP contribution in [0.25, 0.3) is 0 Å². The Morgan fingerprint density at radius 3 is 2.88 bits per heavy atom. The van der Waals surface area contributed by atoms with Gasteiger partial charge < -0.3 is 10.1 Å². The van der Waals surface area contributed by atoms with Gasteiger partial charge in [0.2, 0.25) is 0 Å². The topological polar surface area (TPSA) is 56.1 Å². The first-order valence-corrected chi connectivity index (χ1v) is 5.91. The molecule has 0 aliphatic heterocycles. The van der Waals surface area contributed by atoms with Crippen molar-refractivity contribution >= 4 is 5.97 Å². The quantitative estimate of drug-likeness (QED) is 0.757. The van der Waals surface area contributed by atoms with Gasteiger partial charge in [0.15, 0.2) is 0 Å². The second kappa shape index (κ2) is 6.39. The van der Waals surface area contributed by atoms with Crippen LogP contribution in [0.3, 0.4) is 0 Å². The van der Waals surface area contributed by atoms with Gasteiger partial charge in [0, 0.05) is 31.4 Å². The van der Waals surface area contributed by atoms with E-state index in [2.05, 4.69) is 10.4 Å². The molecule has 0 saturated heterocycles. The second-order valence-corrected chi connectivity index (χ2v) is 4.20. The van der Waals surface area contributed by atoms with Crippen molar-refractivity contribution < 1.29 is 9.53 Å². The summed E-state index contributed by atoms with van der Waals surface area (Å²) in [6.07, 6.45) is 2.38. The molecule has 0 fully saturated rings. The van der Waals surface area contributed by atoms with Crippen molar-refractivity contribution in [3.63, 3.8) is 0 Å². The number of nitrogens with one attached hydrogen (secondary N) is 1. The highest BCUT2D eigenvalue weighted by Crippen LogP contribution is 2.05. The molecule has 0 aromatic carbocycles. The summed E-state index contributed by atoms with van der Waals surface area (Å²) in [5.41, 5.74) is 2.17. The third kappa shape index (κ3) is 4.56. The number of carbonyl (C=O) groups is 1. The zero-order chi connectivity index (χ0) is 12.8. The fraction of sp³-hybridized carbons (Fsp3) is 0.667. The first kappa shape index (κ1) is 13.7. The standard InChI is InChI=1S/C12H21N3O2/c1-5-17-12(16)6-9(2)13-7-11-8-15(4)14-10(11)3/h8-9,13H,5-7H2,1-4H3. The van der Waals surface area contributed by atoms with Crippen molar-refractivity contribution in [3.05, 3.63) is 17.5 Å². The zero-order valence-corrected chi connectivity index (χ0v) is 11.0. The van der Waals surface area contributed by atoms with Crippen LogP contribution in [0.1, 0.15) is 31.5 Å². The molecule has 0 aliphatic rings. The fourth-order valence-electron chi connectivity index (χ4n) is 1.65. The number of ether oxygens (including phenoxy) is 1. The number of aromatic nitrogens is 2. The van der Waals surface area contributed by atoms with Gasteiger partial charge in [-0.25, -0.2) is 0 Å². The summed E-state index contributed by atoms with van der Waals surface area (Å²) in [7, 11) is 1.90. The first-order valence-electron chi connectivity index (χ1n) is 5.91. The Bertz CT molecular complexity index is 374. The molecule has 1 aromatic heterocycles. The largest absolute Gasteiger partial charge is 0.466 e. The van der Waals surface area contributed by atoms with Crippen LogP contribution in [-0.4, -0.2) is 28.4 Å². The lowest BCUT2D eigenvalue weighted by atomic mass is 10.2. The minimum atomic E-state index is -0.157. The van der Waals surface area contributed by atoms with Gasteiger partial charge in [0.25, 0.3) is 0 Å². The van der Waals surface area contributed by atoms with E-state index in [0.717, 1.165) is 17.8 Å². The Hall–Kier alpha value is -1.36. The molecule has 5 nitrogen and oxygen atoms in total. The Kier molecular flexibility index (Phi) is 5.15. The maximum absolute atomic E-state index is 11.3. The third-order valence-electron chi connectivity index (χ3n) is 2.53. The molecular weight excluding hydrogens is 218 g/mol. The maximum atomic E-state index is 11.3. The van der Waals surface area contributed by atoms with Gasteiger partial charge >= 0.3 is 5.97 Å². The highest BCUT2D eigenvalue weighted by atomic mass is 16.5. The molecule has 5 heteroatoms. The lowest BCUT2D eigenvalue weighted by Crippen LogP contribution is -2.28. The lowest BCUT2D eigenvalue weighted by molar-refractivity contribution is -0.143. The van der Waals surface area contributed by atoms with Crippen molar-refractivity contribution in [2.45, 2.75) is 39.8 Å². The molecule has 0 spiro atoms. The molecule has 1 aromatic rings. The van der Waals surface area contributed by atoms with E-state index in [1.54, 1.807) is 4.68 Å². The van der Waals surface area contributed by atoms with Crippen molar-refractivity contribution in [1.82, 2.24) is 15.1 Å². The number of carbonyl (C=O) groups excluding carboxylic acids is 1. The highest BCUT2D eigenvalue weighted by molar-refractivity contribution is 5.69. The number of esters is 1. The average molecular weight is 239 g/mol. The van der Waals surface area contributed by atoms with Gasteiger partial charge in [-0.15, -0.1) is 0 Å². The van der Waals surface area contributed by atoms with Gasteiger partial charge in [-0.1, -0.05) is 0 Å². The van der Waals surface area contributed by atoms with Gasteiger partial charge in [0.05, 0.1) is 18.7 Å². The average Bonchev–Trinajstić information content (AvgIpc) is 2.54. The van der Waals surface area contributed by atoms with Crippen LogP contribution in [-0.2, 0) is 23.1 Å². The van der Waals surface area contributed by atoms with E-state index in [0.29, 0.717) is 13.0 Å². The van der Waals surface area contributed by atoms with Gasteiger partial charge in [0.1, 0.15) is 0 Å². The SMILES string of the molecule is CCOC(=O)CC(C)NCc1cn(C)nc1C. The van der Waals surface area contributed by atoms with Gasteiger partial charge in [-0.2, -0.15) is 5.10 Å². The van der Waals surface area contributed by atoms with E-state index in [4.69, 9.17) is 4.74 Å². The van der Waals surface area contributed by atoms with Crippen LogP contribution < -0.4 is 5.32 Å². The molecule has 17 heavy (non-hydrogen) atoms. The van der Waals surface area contributed by atoms with Crippen molar-refractivity contribution in [2.75, 3.05) is 6.61 Å². The summed E-state index contributed by atoms with van der Waals surface area (Å²) in [4.78, 5) is 11.3. The van der Waals surface area contributed by atoms with Gasteiger partial charge in [-0.3, -0.25) is 9.48 Å². The molecular formula is C12H21N3O2. The molecule has 1 unspecified atom stereocenters.